The van der Waals surface area contributed by atoms with E-state index in [9.17, 15) is 4.79 Å². The fraction of sp³-hybridized carbons (Fsp3) is 0.267. The van der Waals surface area contributed by atoms with Crippen molar-refractivity contribution in [1.29, 1.82) is 0 Å². The summed E-state index contributed by atoms with van der Waals surface area (Å²) in [4.78, 5) is 12.6. The number of nitrogens with zero attached hydrogens (tertiary/aromatic N) is 6. The number of hydrogen-bond donors (Lipinski definition) is 0. The van der Waals surface area contributed by atoms with Crippen LogP contribution < -0.4 is 0 Å². The molecule has 0 aliphatic rings. The maximum atomic E-state index is 12.6. The first-order chi connectivity index (χ1) is 10.5. The fourth-order valence-corrected chi connectivity index (χ4v) is 2.18. The van der Waals surface area contributed by atoms with Crippen molar-refractivity contribution >= 4 is 6.03 Å². The first-order valence-corrected chi connectivity index (χ1v) is 6.91. The Hall–Kier alpha value is -2.83. The summed E-state index contributed by atoms with van der Waals surface area (Å²) in [6.07, 6.45) is 2.93. The molecule has 7 nitrogen and oxygen atoms in total. The molecule has 22 heavy (non-hydrogen) atoms. The Morgan fingerprint density at radius 2 is 1.82 bits per heavy atom. The van der Waals surface area contributed by atoms with Crippen molar-refractivity contribution in [3.8, 4) is 11.3 Å². The van der Waals surface area contributed by atoms with Crippen LogP contribution in [0, 0.1) is 0 Å². The molecule has 0 spiro atoms. The van der Waals surface area contributed by atoms with Crippen LogP contribution in [-0.4, -0.2) is 36.0 Å². The van der Waals surface area contributed by atoms with Crippen molar-refractivity contribution in [3.63, 3.8) is 0 Å². The van der Waals surface area contributed by atoms with Gasteiger partial charge in [0, 0.05) is 11.0 Å². The van der Waals surface area contributed by atoms with Crippen molar-refractivity contribution in [2.45, 2.75) is 26.2 Å². The normalized spacial score (nSPS) is 11.6. The molecule has 0 aliphatic heterocycles. The Kier molecular flexibility index (Phi) is 3.32. The third kappa shape index (κ3) is 2.41. The highest BCUT2D eigenvalue weighted by molar-refractivity contribution is 5.83. The van der Waals surface area contributed by atoms with E-state index in [-0.39, 0.29) is 5.41 Å². The molecule has 7 heteroatoms. The van der Waals surface area contributed by atoms with E-state index in [1.807, 2.05) is 51.1 Å². The van der Waals surface area contributed by atoms with Gasteiger partial charge in [-0.2, -0.15) is 9.36 Å². The average molecular weight is 296 g/mol. The number of benzene rings is 1. The fourth-order valence-electron chi connectivity index (χ4n) is 2.18. The van der Waals surface area contributed by atoms with Crippen LogP contribution in [0.15, 0.2) is 42.7 Å². The summed E-state index contributed by atoms with van der Waals surface area (Å²) < 4.78 is 2.40. The van der Waals surface area contributed by atoms with E-state index < -0.39 is 6.03 Å². The number of carbonyl (C=O) groups excluding carboxylic acids is 1. The molecular weight excluding hydrogens is 280 g/mol. The van der Waals surface area contributed by atoms with E-state index in [1.165, 1.54) is 17.1 Å². The predicted molar refractivity (Wildman–Crippen MR) is 80.4 cm³/mol. The molecular formula is C15H16N6O. The molecule has 0 bridgehead atoms. The zero-order valence-corrected chi connectivity index (χ0v) is 12.6. The summed E-state index contributed by atoms with van der Waals surface area (Å²) in [6, 6.07) is 9.20. The maximum absolute atomic E-state index is 12.6. The minimum absolute atomic E-state index is 0.244. The number of rotatable bonds is 1. The van der Waals surface area contributed by atoms with Gasteiger partial charge in [-0.1, -0.05) is 61.5 Å². The molecule has 112 valence electrons. The molecule has 0 saturated heterocycles. The quantitative estimate of drug-likeness (QED) is 0.688. The van der Waals surface area contributed by atoms with Crippen molar-refractivity contribution in [1.82, 2.24) is 30.0 Å². The van der Waals surface area contributed by atoms with Crippen LogP contribution >= 0.6 is 0 Å². The molecule has 2 heterocycles. The summed E-state index contributed by atoms with van der Waals surface area (Å²) in [5, 5.41) is 15.7. The second kappa shape index (κ2) is 5.18. The number of carbonyl (C=O) groups is 1. The average Bonchev–Trinajstić information content (AvgIpc) is 3.16. The summed E-state index contributed by atoms with van der Waals surface area (Å²) in [5.41, 5.74) is 2.07. The SMILES string of the molecule is CC(C)(C)c1nnn(C(=O)n2ccnn2)c1-c1ccccc1. The lowest BCUT2D eigenvalue weighted by Crippen LogP contribution is -2.23. The van der Waals surface area contributed by atoms with Gasteiger partial charge in [0.15, 0.2) is 0 Å². The topological polar surface area (TPSA) is 78.5 Å². The Bertz CT molecular complexity index is 783. The summed E-state index contributed by atoms with van der Waals surface area (Å²) >= 11 is 0. The van der Waals surface area contributed by atoms with Gasteiger partial charge >= 0.3 is 6.03 Å². The number of aromatic nitrogens is 6. The van der Waals surface area contributed by atoms with Crippen LogP contribution in [0.3, 0.4) is 0 Å². The lowest BCUT2D eigenvalue weighted by Gasteiger charge is -2.17. The maximum Gasteiger partial charge on any atom is 0.372 e. The van der Waals surface area contributed by atoms with Gasteiger partial charge < -0.3 is 0 Å². The van der Waals surface area contributed by atoms with Gasteiger partial charge in [-0.3, -0.25) is 0 Å². The van der Waals surface area contributed by atoms with Crippen LogP contribution in [0.2, 0.25) is 0 Å². The molecule has 0 atom stereocenters. The van der Waals surface area contributed by atoms with Crippen LogP contribution in [0.4, 0.5) is 4.79 Å². The smallest absolute Gasteiger partial charge is 0.243 e. The Balaban J connectivity index is 2.20. The number of hydrogen-bond acceptors (Lipinski definition) is 5. The molecule has 0 saturated carbocycles. The zero-order valence-electron chi connectivity index (χ0n) is 12.6. The largest absolute Gasteiger partial charge is 0.372 e. The van der Waals surface area contributed by atoms with Crippen molar-refractivity contribution in [2.24, 2.45) is 0 Å². The second-order valence-electron chi connectivity index (χ2n) is 5.94. The molecule has 3 aromatic rings. The van der Waals surface area contributed by atoms with Crippen LogP contribution in [-0.2, 0) is 5.41 Å². The van der Waals surface area contributed by atoms with Gasteiger partial charge in [0.1, 0.15) is 5.69 Å². The van der Waals surface area contributed by atoms with Gasteiger partial charge in [0.25, 0.3) is 0 Å². The monoisotopic (exact) mass is 296 g/mol. The minimum atomic E-state index is -0.417. The van der Waals surface area contributed by atoms with Crippen LogP contribution in [0.25, 0.3) is 11.3 Å². The third-order valence-electron chi connectivity index (χ3n) is 3.23. The van der Waals surface area contributed by atoms with E-state index in [2.05, 4.69) is 20.6 Å². The highest BCUT2D eigenvalue weighted by atomic mass is 16.2. The summed E-state index contributed by atoms with van der Waals surface area (Å²) in [6.45, 7) is 6.11. The van der Waals surface area contributed by atoms with Gasteiger partial charge in [-0.05, 0) is 0 Å². The van der Waals surface area contributed by atoms with Gasteiger partial charge in [0.2, 0.25) is 0 Å². The summed E-state index contributed by atoms with van der Waals surface area (Å²) in [7, 11) is 0. The molecule has 2 aromatic heterocycles. The van der Waals surface area contributed by atoms with Gasteiger partial charge in [0.05, 0.1) is 18.1 Å². The van der Waals surface area contributed by atoms with Gasteiger partial charge in [-0.15, -0.1) is 10.2 Å². The van der Waals surface area contributed by atoms with Gasteiger partial charge in [-0.25, -0.2) is 4.79 Å². The summed E-state index contributed by atoms with van der Waals surface area (Å²) in [5.74, 6) is 0. The molecule has 0 amide bonds. The first-order valence-electron chi connectivity index (χ1n) is 6.91. The first kappa shape index (κ1) is 14.1. The minimum Gasteiger partial charge on any atom is -0.243 e. The molecule has 3 rings (SSSR count). The van der Waals surface area contributed by atoms with E-state index in [1.54, 1.807) is 0 Å². The predicted octanol–water partition coefficient (Wildman–Crippen LogP) is 2.35. The highest BCUT2D eigenvalue weighted by Gasteiger charge is 2.28. The standard InChI is InChI=1S/C15H16N6O/c1-15(2,3)13-12(11-7-5-4-6-8-11)21(19-17-13)14(22)20-10-9-16-18-20/h4-10H,1-3H3. The second-order valence-corrected chi connectivity index (χ2v) is 5.94. The van der Waals surface area contributed by atoms with E-state index in [0.29, 0.717) is 5.69 Å². The molecule has 0 aliphatic carbocycles. The molecule has 0 radical (unpaired) electrons. The van der Waals surface area contributed by atoms with Crippen molar-refractivity contribution < 1.29 is 4.79 Å². The molecule has 1 aromatic carbocycles. The Labute approximate surface area is 127 Å². The van der Waals surface area contributed by atoms with E-state index in [4.69, 9.17) is 0 Å². The van der Waals surface area contributed by atoms with E-state index >= 15 is 0 Å². The zero-order chi connectivity index (χ0) is 15.7. The lowest BCUT2D eigenvalue weighted by atomic mass is 9.89. The Morgan fingerprint density at radius 1 is 1.09 bits per heavy atom. The lowest BCUT2D eigenvalue weighted by molar-refractivity contribution is 0.237. The third-order valence-corrected chi connectivity index (χ3v) is 3.23. The Morgan fingerprint density at radius 3 is 2.41 bits per heavy atom. The van der Waals surface area contributed by atoms with Crippen molar-refractivity contribution in [2.75, 3.05) is 0 Å². The van der Waals surface area contributed by atoms with Crippen LogP contribution in [0.5, 0.6) is 0 Å². The van der Waals surface area contributed by atoms with Crippen LogP contribution in [0.1, 0.15) is 26.5 Å². The van der Waals surface area contributed by atoms with Crippen molar-refractivity contribution in [3.05, 3.63) is 48.4 Å². The molecule has 0 N–H and O–H groups in total. The molecule has 0 fully saturated rings. The van der Waals surface area contributed by atoms with E-state index in [0.717, 1.165) is 15.9 Å². The highest BCUT2D eigenvalue weighted by Crippen LogP contribution is 2.31. The molecule has 0 unspecified atom stereocenters.